The van der Waals surface area contributed by atoms with Gasteiger partial charge < -0.3 is 5.32 Å². The molecule has 1 heterocycles. The van der Waals surface area contributed by atoms with E-state index in [1.54, 1.807) is 48.5 Å². The number of nitrogens with zero attached hydrogens (tertiary/aromatic N) is 2. The summed E-state index contributed by atoms with van der Waals surface area (Å²) in [6.45, 7) is 5.64. The van der Waals surface area contributed by atoms with Crippen molar-refractivity contribution < 1.29 is 13.2 Å². The second-order valence-corrected chi connectivity index (χ2v) is 10.1. The molecule has 0 saturated heterocycles. The zero-order valence-electron chi connectivity index (χ0n) is 17.1. The number of aryl methyl sites for hydroxylation is 2. The number of amides is 1. The molecule has 0 fully saturated rings. The van der Waals surface area contributed by atoms with Crippen molar-refractivity contribution in [3.63, 3.8) is 0 Å². The maximum Gasteiger partial charge on any atom is 0.264 e. The molecule has 2 aromatic carbocycles. The van der Waals surface area contributed by atoms with Crippen LogP contribution in [0.1, 0.15) is 31.9 Å². The van der Waals surface area contributed by atoms with E-state index in [4.69, 9.17) is 0 Å². The third-order valence-electron chi connectivity index (χ3n) is 4.90. The first-order valence-corrected chi connectivity index (χ1v) is 11.4. The van der Waals surface area contributed by atoms with Gasteiger partial charge in [0, 0.05) is 17.5 Å². The molecular weight excluding hydrogens is 418 g/mol. The quantitative estimate of drug-likeness (QED) is 0.628. The topological polar surface area (TPSA) is 90.3 Å². The van der Waals surface area contributed by atoms with E-state index in [-0.39, 0.29) is 10.8 Å². The van der Waals surface area contributed by atoms with Crippen LogP contribution in [-0.4, -0.2) is 21.4 Å². The Hall–Kier alpha value is -3.15. The summed E-state index contributed by atoms with van der Waals surface area (Å²) in [7, 11) is -2.23. The molecule has 0 aliphatic carbocycles. The van der Waals surface area contributed by atoms with Crippen molar-refractivity contribution in [2.75, 3.05) is 16.7 Å². The molecule has 1 amide bonds. The van der Waals surface area contributed by atoms with Gasteiger partial charge >= 0.3 is 0 Å². The van der Waals surface area contributed by atoms with E-state index in [1.807, 2.05) is 20.8 Å². The van der Waals surface area contributed by atoms with Crippen molar-refractivity contribution in [3.05, 3.63) is 75.7 Å². The summed E-state index contributed by atoms with van der Waals surface area (Å²) < 4.78 is 26.8. The summed E-state index contributed by atoms with van der Waals surface area (Å²) in [5.74, 6) is -0.358. The average Bonchev–Trinajstić information content (AvgIpc) is 3.00. The highest BCUT2D eigenvalue weighted by atomic mass is 32.2. The molecule has 0 unspecified atom stereocenters. The van der Waals surface area contributed by atoms with E-state index >= 15 is 0 Å². The zero-order chi connectivity index (χ0) is 22.1. The third-order valence-corrected chi connectivity index (χ3v) is 7.82. The van der Waals surface area contributed by atoms with Crippen molar-refractivity contribution in [3.8, 4) is 6.07 Å². The van der Waals surface area contributed by atoms with Crippen LogP contribution >= 0.6 is 11.3 Å². The molecule has 1 N–H and O–H groups in total. The van der Waals surface area contributed by atoms with Crippen LogP contribution in [0.2, 0.25) is 0 Å². The third kappa shape index (κ3) is 4.08. The number of rotatable bonds is 5. The zero-order valence-corrected chi connectivity index (χ0v) is 18.7. The maximum absolute atomic E-state index is 12.8. The normalized spacial score (nSPS) is 11.0. The van der Waals surface area contributed by atoms with E-state index in [9.17, 15) is 18.5 Å². The van der Waals surface area contributed by atoms with Crippen molar-refractivity contribution in [1.82, 2.24) is 0 Å². The standard InChI is InChI=1S/C22H21N3O3S2/c1-14-5-11-19(12-6-14)30(27,28)25(4)18-9-7-17(8-10-18)21(26)24-22-20(13-23)15(2)16(3)29-22/h5-12H,1-4H3,(H,24,26). The Morgan fingerprint density at radius 2 is 1.63 bits per heavy atom. The van der Waals surface area contributed by atoms with Gasteiger partial charge in [0.2, 0.25) is 0 Å². The van der Waals surface area contributed by atoms with Crippen molar-refractivity contribution >= 4 is 38.0 Å². The van der Waals surface area contributed by atoms with Gasteiger partial charge in [-0.15, -0.1) is 11.3 Å². The molecule has 3 rings (SSSR count). The van der Waals surface area contributed by atoms with Gasteiger partial charge in [-0.25, -0.2) is 8.42 Å². The number of nitrogens with one attached hydrogen (secondary N) is 1. The second-order valence-electron chi connectivity index (χ2n) is 6.89. The molecule has 0 atom stereocenters. The largest absolute Gasteiger partial charge is 0.312 e. The summed E-state index contributed by atoms with van der Waals surface area (Å²) in [5.41, 5.74) is 3.10. The Labute approximate surface area is 180 Å². The number of carbonyl (C=O) groups is 1. The highest BCUT2D eigenvalue weighted by Crippen LogP contribution is 2.32. The maximum atomic E-state index is 12.8. The predicted octanol–water partition coefficient (Wildman–Crippen LogP) is 4.62. The van der Waals surface area contributed by atoms with Crippen molar-refractivity contribution in [2.45, 2.75) is 25.7 Å². The smallest absolute Gasteiger partial charge is 0.264 e. The second kappa shape index (κ2) is 8.30. The minimum atomic E-state index is -3.70. The number of hydrogen-bond acceptors (Lipinski definition) is 5. The first-order valence-electron chi connectivity index (χ1n) is 9.12. The van der Waals surface area contributed by atoms with Gasteiger partial charge in [-0.1, -0.05) is 17.7 Å². The van der Waals surface area contributed by atoms with Crippen LogP contribution in [0.3, 0.4) is 0 Å². The van der Waals surface area contributed by atoms with Crippen LogP contribution in [0.25, 0.3) is 0 Å². The molecule has 0 aliphatic rings. The Bertz CT molecular complexity index is 1240. The van der Waals surface area contributed by atoms with Crippen LogP contribution in [-0.2, 0) is 10.0 Å². The summed E-state index contributed by atoms with van der Waals surface area (Å²) >= 11 is 1.36. The van der Waals surface area contributed by atoms with Crippen molar-refractivity contribution in [2.24, 2.45) is 0 Å². The highest BCUT2D eigenvalue weighted by molar-refractivity contribution is 7.92. The lowest BCUT2D eigenvalue weighted by molar-refractivity contribution is 0.102. The summed E-state index contributed by atoms with van der Waals surface area (Å²) in [4.78, 5) is 13.8. The molecule has 3 aromatic rings. The number of anilines is 2. The number of benzene rings is 2. The number of carbonyl (C=O) groups excluding carboxylic acids is 1. The van der Waals surface area contributed by atoms with Crippen LogP contribution in [0.15, 0.2) is 53.4 Å². The van der Waals surface area contributed by atoms with Crippen LogP contribution in [0.4, 0.5) is 10.7 Å². The van der Waals surface area contributed by atoms with Gasteiger partial charge in [0.25, 0.3) is 15.9 Å². The SMILES string of the molecule is Cc1ccc(S(=O)(=O)N(C)c2ccc(C(=O)Nc3sc(C)c(C)c3C#N)cc2)cc1. The van der Waals surface area contributed by atoms with Gasteiger partial charge in [-0.2, -0.15) is 5.26 Å². The van der Waals surface area contributed by atoms with Crippen LogP contribution in [0.5, 0.6) is 0 Å². The van der Waals surface area contributed by atoms with Gasteiger partial charge in [-0.3, -0.25) is 9.10 Å². The monoisotopic (exact) mass is 439 g/mol. The van der Waals surface area contributed by atoms with Gasteiger partial charge in [0.1, 0.15) is 11.1 Å². The van der Waals surface area contributed by atoms with Gasteiger partial charge in [0.15, 0.2) is 0 Å². The van der Waals surface area contributed by atoms with E-state index in [0.717, 1.165) is 16.0 Å². The molecule has 0 spiro atoms. The molecule has 0 bridgehead atoms. The average molecular weight is 440 g/mol. The highest BCUT2D eigenvalue weighted by Gasteiger charge is 2.21. The van der Waals surface area contributed by atoms with Gasteiger partial charge in [0.05, 0.1) is 16.1 Å². The number of thiophene rings is 1. The number of hydrogen-bond donors (Lipinski definition) is 1. The molecule has 0 aliphatic heterocycles. The number of sulfonamides is 1. The summed E-state index contributed by atoms with van der Waals surface area (Å²) in [6.07, 6.45) is 0. The molecule has 6 nitrogen and oxygen atoms in total. The molecular formula is C22H21N3O3S2. The molecule has 1 aromatic heterocycles. The van der Waals surface area contributed by atoms with Gasteiger partial charge in [-0.05, 0) is 62.7 Å². The first-order chi connectivity index (χ1) is 14.1. The molecule has 0 saturated carbocycles. The fourth-order valence-electron chi connectivity index (χ4n) is 2.85. The van der Waals surface area contributed by atoms with E-state index in [1.165, 1.54) is 22.7 Å². The van der Waals surface area contributed by atoms with E-state index < -0.39 is 10.0 Å². The fraction of sp³-hybridized carbons (Fsp3) is 0.182. The number of nitriles is 1. The molecule has 0 radical (unpaired) electrons. The van der Waals surface area contributed by atoms with Crippen LogP contribution in [0, 0.1) is 32.1 Å². The fourth-order valence-corrected chi connectivity index (χ4v) is 5.06. The Balaban J connectivity index is 1.81. The Morgan fingerprint density at radius 3 is 2.20 bits per heavy atom. The Kier molecular flexibility index (Phi) is 5.97. The Morgan fingerprint density at radius 1 is 1.03 bits per heavy atom. The van der Waals surface area contributed by atoms with E-state index in [0.29, 0.717) is 21.8 Å². The minimum absolute atomic E-state index is 0.199. The van der Waals surface area contributed by atoms with E-state index in [2.05, 4.69) is 11.4 Å². The lowest BCUT2D eigenvalue weighted by Gasteiger charge is -2.20. The molecule has 30 heavy (non-hydrogen) atoms. The van der Waals surface area contributed by atoms with Crippen LogP contribution < -0.4 is 9.62 Å². The lowest BCUT2D eigenvalue weighted by Crippen LogP contribution is -2.26. The first kappa shape index (κ1) is 21.6. The summed E-state index contributed by atoms with van der Waals surface area (Å²) in [5, 5.41) is 12.6. The summed E-state index contributed by atoms with van der Waals surface area (Å²) in [6, 6.07) is 15.0. The van der Waals surface area contributed by atoms with Crippen molar-refractivity contribution in [1.29, 1.82) is 5.26 Å². The molecule has 8 heteroatoms. The predicted molar refractivity (Wildman–Crippen MR) is 120 cm³/mol. The molecule has 154 valence electrons. The minimum Gasteiger partial charge on any atom is -0.312 e. The lowest BCUT2D eigenvalue weighted by atomic mass is 10.1.